The summed E-state index contributed by atoms with van der Waals surface area (Å²) in [7, 11) is 0.945. The molecule has 2 aromatic rings. The van der Waals surface area contributed by atoms with Crippen LogP contribution in [0, 0.1) is 6.92 Å². The van der Waals surface area contributed by atoms with Gasteiger partial charge >= 0.3 is 0 Å². The zero-order valence-corrected chi connectivity index (χ0v) is 14.6. The lowest BCUT2D eigenvalue weighted by molar-refractivity contribution is 0.353. The molecule has 23 heavy (non-hydrogen) atoms. The van der Waals surface area contributed by atoms with Gasteiger partial charge < -0.3 is 9.47 Å². The highest BCUT2D eigenvalue weighted by molar-refractivity contribution is 7.89. The van der Waals surface area contributed by atoms with Gasteiger partial charge in [-0.25, -0.2) is 8.42 Å². The van der Waals surface area contributed by atoms with E-state index in [0.29, 0.717) is 23.6 Å². The Kier molecular flexibility index (Phi) is 5.28. The van der Waals surface area contributed by atoms with Gasteiger partial charge in [0.2, 0.25) is 10.0 Å². The van der Waals surface area contributed by atoms with Gasteiger partial charge in [0.25, 0.3) is 0 Å². The third kappa shape index (κ3) is 3.65. The average Bonchev–Trinajstić information content (AvgIpc) is 2.55. The van der Waals surface area contributed by atoms with Crippen molar-refractivity contribution in [1.82, 2.24) is 4.31 Å². The maximum atomic E-state index is 12.9. The Balaban J connectivity index is 2.39. The van der Waals surface area contributed by atoms with Crippen molar-refractivity contribution < 1.29 is 17.9 Å². The van der Waals surface area contributed by atoms with Gasteiger partial charge in [-0.2, -0.15) is 4.31 Å². The molecular formula is C17H21NO4S. The molecule has 124 valence electrons. The van der Waals surface area contributed by atoms with E-state index in [1.807, 2.05) is 30.3 Å². The largest absolute Gasteiger partial charge is 0.493 e. The van der Waals surface area contributed by atoms with Crippen molar-refractivity contribution in [3.8, 4) is 11.5 Å². The molecule has 5 nitrogen and oxygen atoms in total. The highest BCUT2D eigenvalue weighted by Gasteiger charge is 2.25. The van der Waals surface area contributed by atoms with Crippen molar-refractivity contribution in [2.45, 2.75) is 18.4 Å². The summed E-state index contributed by atoms with van der Waals surface area (Å²) in [5, 5.41) is 0. The molecule has 0 aliphatic heterocycles. The number of ether oxygens (including phenoxy) is 2. The van der Waals surface area contributed by atoms with Gasteiger partial charge in [-0.05, 0) is 24.1 Å². The number of methoxy groups -OCH3 is 2. The predicted octanol–water partition coefficient (Wildman–Crippen LogP) is 2.83. The molecule has 0 fully saturated rings. The van der Waals surface area contributed by atoms with Crippen molar-refractivity contribution in [3.05, 3.63) is 53.6 Å². The molecule has 0 saturated carbocycles. The smallest absolute Gasteiger partial charge is 0.243 e. The lowest BCUT2D eigenvalue weighted by Gasteiger charge is -2.20. The van der Waals surface area contributed by atoms with E-state index >= 15 is 0 Å². The molecule has 0 aliphatic carbocycles. The van der Waals surface area contributed by atoms with Crippen LogP contribution in [0.25, 0.3) is 0 Å². The number of aryl methyl sites for hydroxylation is 1. The highest BCUT2D eigenvalue weighted by Crippen LogP contribution is 2.33. The van der Waals surface area contributed by atoms with Gasteiger partial charge in [0.15, 0.2) is 11.5 Å². The Morgan fingerprint density at radius 2 is 1.57 bits per heavy atom. The Labute approximate surface area is 137 Å². The van der Waals surface area contributed by atoms with Gasteiger partial charge in [-0.1, -0.05) is 30.3 Å². The first kappa shape index (κ1) is 17.3. The number of rotatable bonds is 6. The number of benzene rings is 2. The zero-order chi connectivity index (χ0) is 17.0. The van der Waals surface area contributed by atoms with Crippen molar-refractivity contribution in [3.63, 3.8) is 0 Å². The van der Waals surface area contributed by atoms with Gasteiger partial charge in [-0.3, -0.25) is 0 Å². The quantitative estimate of drug-likeness (QED) is 0.814. The number of hydrogen-bond donors (Lipinski definition) is 0. The summed E-state index contributed by atoms with van der Waals surface area (Å²) in [5.41, 5.74) is 1.54. The standard InChI is InChI=1S/C17H21NO4S/c1-13-10-15(21-3)16(22-4)11-17(13)23(19,20)18(2)12-14-8-6-5-7-9-14/h5-11H,12H2,1-4H3. The van der Waals surface area contributed by atoms with Crippen LogP contribution in [-0.2, 0) is 16.6 Å². The van der Waals surface area contributed by atoms with E-state index in [0.717, 1.165) is 5.56 Å². The molecule has 0 heterocycles. The minimum atomic E-state index is -3.63. The lowest BCUT2D eigenvalue weighted by Crippen LogP contribution is -2.27. The van der Waals surface area contributed by atoms with Crippen LogP contribution in [-0.4, -0.2) is 34.0 Å². The Morgan fingerprint density at radius 1 is 1.00 bits per heavy atom. The van der Waals surface area contributed by atoms with Crippen LogP contribution >= 0.6 is 0 Å². The Hall–Kier alpha value is -2.05. The monoisotopic (exact) mass is 335 g/mol. The molecule has 0 unspecified atom stereocenters. The van der Waals surface area contributed by atoms with Crippen LogP contribution in [0.15, 0.2) is 47.4 Å². The normalized spacial score (nSPS) is 11.5. The molecule has 0 aliphatic rings. The zero-order valence-electron chi connectivity index (χ0n) is 13.7. The van der Waals surface area contributed by atoms with Crippen LogP contribution in [0.5, 0.6) is 11.5 Å². The summed E-state index contributed by atoms with van der Waals surface area (Å²) < 4.78 is 37.5. The van der Waals surface area contributed by atoms with E-state index in [9.17, 15) is 8.42 Å². The van der Waals surface area contributed by atoms with Crippen LogP contribution in [0.2, 0.25) is 0 Å². The van der Waals surface area contributed by atoms with E-state index in [1.54, 1.807) is 20.0 Å². The fourth-order valence-corrected chi connectivity index (χ4v) is 3.71. The molecule has 0 saturated heterocycles. The molecule has 6 heteroatoms. The Morgan fingerprint density at radius 3 is 2.13 bits per heavy atom. The van der Waals surface area contributed by atoms with Crippen molar-refractivity contribution >= 4 is 10.0 Å². The first-order valence-electron chi connectivity index (χ1n) is 7.13. The van der Waals surface area contributed by atoms with Gasteiger partial charge in [0.05, 0.1) is 19.1 Å². The molecule has 2 aromatic carbocycles. The predicted molar refractivity (Wildman–Crippen MR) is 89.4 cm³/mol. The van der Waals surface area contributed by atoms with Crippen LogP contribution in [0.3, 0.4) is 0 Å². The summed E-state index contributed by atoms with van der Waals surface area (Å²) in [4.78, 5) is 0.216. The topological polar surface area (TPSA) is 55.8 Å². The third-order valence-corrected chi connectivity index (χ3v) is 5.56. The molecule has 0 atom stereocenters. The molecule has 0 bridgehead atoms. The Bertz CT molecular complexity index is 773. The fourth-order valence-electron chi connectivity index (χ4n) is 2.33. The lowest BCUT2D eigenvalue weighted by atomic mass is 10.2. The van der Waals surface area contributed by atoms with E-state index in [-0.39, 0.29) is 4.90 Å². The van der Waals surface area contributed by atoms with Crippen molar-refractivity contribution in [2.24, 2.45) is 0 Å². The molecule has 0 radical (unpaired) electrons. The summed E-state index contributed by atoms with van der Waals surface area (Å²) in [6.45, 7) is 2.04. The SMILES string of the molecule is COc1cc(C)c(S(=O)(=O)N(C)Cc2ccccc2)cc1OC. The number of nitrogens with zero attached hydrogens (tertiary/aromatic N) is 1. The summed E-state index contributed by atoms with van der Waals surface area (Å²) in [5.74, 6) is 0.902. The minimum absolute atomic E-state index is 0.216. The van der Waals surface area contributed by atoms with Gasteiger partial charge in [0, 0.05) is 19.7 Å². The second-order valence-electron chi connectivity index (χ2n) is 5.22. The van der Waals surface area contributed by atoms with Gasteiger partial charge in [0.1, 0.15) is 0 Å². The molecule has 2 rings (SSSR count). The maximum Gasteiger partial charge on any atom is 0.243 e. The second-order valence-corrected chi connectivity index (χ2v) is 7.23. The van der Waals surface area contributed by atoms with E-state index in [4.69, 9.17) is 9.47 Å². The number of hydrogen-bond acceptors (Lipinski definition) is 4. The maximum absolute atomic E-state index is 12.9. The third-order valence-electron chi connectivity index (χ3n) is 3.62. The molecule has 0 aromatic heterocycles. The molecule has 0 amide bonds. The summed E-state index contributed by atoms with van der Waals surface area (Å²) >= 11 is 0. The summed E-state index contributed by atoms with van der Waals surface area (Å²) in [6.07, 6.45) is 0. The summed E-state index contributed by atoms with van der Waals surface area (Å²) in [6, 6.07) is 12.6. The minimum Gasteiger partial charge on any atom is -0.493 e. The second kappa shape index (κ2) is 7.02. The van der Waals surface area contributed by atoms with E-state index < -0.39 is 10.0 Å². The van der Waals surface area contributed by atoms with Gasteiger partial charge in [-0.15, -0.1) is 0 Å². The average molecular weight is 335 g/mol. The van der Waals surface area contributed by atoms with Crippen molar-refractivity contribution in [1.29, 1.82) is 0 Å². The molecular weight excluding hydrogens is 314 g/mol. The first-order valence-corrected chi connectivity index (χ1v) is 8.57. The van der Waals surface area contributed by atoms with E-state index in [2.05, 4.69) is 0 Å². The van der Waals surface area contributed by atoms with Crippen molar-refractivity contribution in [2.75, 3.05) is 21.3 Å². The first-order chi connectivity index (χ1) is 10.9. The van der Waals surface area contributed by atoms with Crippen LogP contribution in [0.1, 0.15) is 11.1 Å². The van der Waals surface area contributed by atoms with E-state index in [1.165, 1.54) is 24.6 Å². The fraction of sp³-hybridized carbons (Fsp3) is 0.294. The van der Waals surface area contributed by atoms with Crippen LogP contribution in [0.4, 0.5) is 0 Å². The highest BCUT2D eigenvalue weighted by atomic mass is 32.2. The molecule has 0 N–H and O–H groups in total. The number of sulfonamides is 1. The van der Waals surface area contributed by atoms with Crippen LogP contribution < -0.4 is 9.47 Å². The molecule has 0 spiro atoms.